The van der Waals surface area contributed by atoms with Gasteiger partial charge in [-0.25, -0.2) is 4.68 Å². The topological polar surface area (TPSA) is 92.0 Å². The van der Waals surface area contributed by atoms with Gasteiger partial charge in [0.05, 0.1) is 11.9 Å². The van der Waals surface area contributed by atoms with Crippen LogP contribution in [0.4, 0.5) is 19.0 Å². The number of carbonyl (C=O) groups is 1. The van der Waals surface area contributed by atoms with E-state index >= 15 is 0 Å². The van der Waals surface area contributed by atoms with E-state index in [2.05, 4.69) is 25.5 Å². The highest BCUT2D eigenvalue weighted by Gasteiger charge is 2.39. The minimum atomic E-state index is -4.67. The number of aryl methyl sites for hydroxylation is 1. The summed E-state index contributed by atoms with van der Waals surface area (Å²) in [7, 11) is 1.35. The molecule has 0 aliphatic carbocycles. The van der Waals surface area contributed by atoms with Gasteiger partial charge in [-0.15, -0.1) is 0 Å². The first-order valence-electron chi connectivity index (χ1n) is 8.43. The van der Waals surface area contributed by atoms with Crippen molar-refractivity contribution in [1.29, 1.82) is 0 Å². The van der Waals surface area contributed by atoms with Crippen molar-refractivity contribution in [3.8, 4) is 0 Å². The van der Waals surface area contributed by atoms with E-state index in [9.17, 15) is 18.0 Å². The van der Waals surface area contributed by atoms with Crippen molar-refractivity contribution in [3.05, 3.63) is 29.3 Å². The molecule has 0 saturated carbocycles. The fourth-order valence-electron chi connectivity index (χ4n) is 3.25. The molecule has 2 N–H and O–H groups in total. The normalized spacial score (nSPS) is 15.7. The summed E-state index contributed by atoms with van der Waals surface area (Å²) in [5.41, 5.74) is -1.12. The molecule has 1 fully saturated rings. The molecule has 4 rings (SSSR count). The maximum Gasteiger partial charge on any atom is 0.435 e. The SMILES string of the molecule is Cn1nc(C(F)(F)F)c2c(NC(=O)c3ccc(CN4CCCC4)o3)[nH]nc21. The van der Waals surface area contributed by atoms with E-state index in [4.69, 9.17) is 4.42 Å². The molecule has 1 aliphatic heterocycles. The third-order valence-corrected chi connectivity index (χ3v) is 4.51. The lowest BCUT2D eigenvalue weighted by Crippen LogP contribution is -2.18. The molecule has 3 aromatic heterocycles. The lowest BCUT2D eigenvalue weighted by atomic mass is 10.3. The lowest BCUT2D eigenvalue weighted by molar-refractivity contribution is -0.140. The van der Waals surface area contributed by atoms with Crippen molar-refractivity contribution in [2.75, 3.05) is 18.4 Å². The molecule has 0 unspecified atom stereocenters. The molecular formula is C16H17F3N6O2. The van der Waals surface area contributed by atoms with Crippen molar-refractivity contribution in [2.45, 2.75) is 25.6 Å². The number of fused-ring (bicyclic) bond motifs is 1. The van der Waals surface area contributed by atoms with Crippen LogP contribution in [0.15, 0.2) is 16.5 Å². The van der Waals surface area contributed by atoms with E-state index in [0.717, 1.165) is 30.6 Å². The quantitative estimate of drug-likeness (QED) is 0.724. The minimum Gasteiger partial charge on any atom is -0.455 e. The van der Waals surface area contributed by atoms with Crippen LogP contribution in [0.2, 0.25) is 0 Å². The number of carbonyl (C=O) groups excluding carboxylic acids is 1. The third kappa shape index (κ3) is 3.29. The molecule has 3 aromatic rings. The van der Waals surface area contributed by atoms with Crippen LogP contribution in [0.25, 0.3) is 11.0 Å². The van der Waals surface area contributed by atoms with Crippen molar-refractivity contribution < 1.29 is 22.4 Å². The number of amides is 1. The van der Waals surface area contributed by atoms with Gasteiger partial charge in [-0.3, -0.25) is 14.8 Å². The van der Waals surface area contributed by atoms with E-state index in [-0.39, 0.29) is 22.6 Å². The van der Waals surface area contributed by atoms with Crippen molar-refractivity contribution in [1.82, 2.24) is 24.9 Å². The predicted molar refractivity (Wildman–Crippen MR) is 89.0 cm³/mol. The molecule has 4 heterocycles. The zero-order valence-corrected chi connectivity index (χ0v) is 14.4. The Labute approximate surface area is 151 Å². The van der Waals surface area contributed by atoms with E-state index < -0.39 is 17.8 Å². The van der Waals surface area contributed by atoms with Crippen LogP contribution in [-0.4, -0.2) is 43.9 Å². The Balaban J connectivity index is 1.55. The summed E-state index contributed by atoms with van der Waals surface area (Å²) in [6.07, 6.45) is -2.40. The van der Waals surface area contributed by atoms with Gasteiger partial charge in [-0.2, -0.15) is 23.4 Å². The zero-order chi connectivity index (χ0) is 19.2. The molecule has 0 bridgehead atoms. The number of hydrogen-bond donors (Lipinski definition) is 2. The van der Waals surface area contributed by atoms with Crippen LogP contribution in [-0.2, 0) is 19.8 Å². The van der Waals surface area contributed by atoms with E-state index in [1.807, 2.05) is 0 Å². The summed E-state index contributed by atoms with van der Waals surface area (Å²) in [5, 5.41) is 11.8. The van der Waals surface area contributed by atoms with E-state index in [1.54, 1.807) is 6.07 Å². The van der Waals surface area contributed by atoms with Gasteiger partial charge < -0.3 is 9.73 Å². The van der Waals surface area contributed by atoms with Crippen LogP contribution in [0.3, 0.4) is 0 Å². The zero-order valence-electron chi connectivity index (χ0n) is 14.4. The highest BCUT2D eigenvalue weighted by Crippen LogP contribution is 2.36. The monoisotopic (exact) mass is 382 g/mol. The maximum absolute atomic E-state index is 13.2. The third-order valence-electron chi connectivity index (χ3n) is 4.51. The fraction of sp³-hybridized carbons (Fsp3) is 0.438. The molecule has 27 heavy (non-hydrogen) atoms. The Morgan fingerprint density at radius 3 is 2.78 bits per heavy atom. The Kier molecular flexibility index (Phi) is 4.17. The smallest absolute Gasteiger partial charge is 0.435 e. The number of anilines is 1. The number of nitrogens with one attached hydrogen (secondary N) is 2. The minimum absolute atomic E-state index is 0.00760. The van der Waals surface area contributed by atoms with Gasteiger partial charge in [0.25, 0.3) is 5.91 Å². The van der Waals surface area contributed by atoms with Gasteiger partial charge >= 0.3 is 6.18 Å². The summed E-state index contributed by atoms with van der Waals surface area (Å²) >= 11 is 0. The summed E-state index contributed by atoms with van der Waals surface area (Å²) < 4.78 is 46.1. The molecule has 0 aromatic carbocycles. The van der Waals surface area contributed by atoms with Gasteiger partial charge in [0, 0.05) is 7.05 Å². The van der Waals surface area contributed by atoms with Gasteiger partial charge in [0.2, 0.25) is 0 Å². The van der Waals surface area contributed by atoms with Gasteiger partial charge in [-0.05, 0) is 38.1 Å². The number of likely N-dealkylation sites (tertiary alicyclic amines) is 1. The summed E-state index contributed by atoms with van der Waals surface area (Å²) in [5.74, 6) is -0.184. The molecule has 144 valence electrons. The Morgan fingerprint density at radius 2 is 2.07 bits per heavy atom. The number of nitrogens with zero attached hydrogens (tertiary/aromatic N) is 4. The Hall–Kier alpha value is -2.82. The molecule has 0 radical (unpaired) electrons. The molecule has 0 atom stereocenters. The first-order chi connectivity index (χ1) is 12.8. The number of rotatable bonds is 4. The predicted octanol–water partition coefficient (Wildman–Crippen LogP) is 2.76. The van der Waals surface area contributed by atoms with Crippen molar-refractivity contribution in [3.63, 3.8) is 0 Å². The lowest BCUT2D eigenvalue weighted by Gasteiger charge is -2.11. The van der Waals surface area contributed by atoms with Crippen LogP contribution in [0.5, 0.6) is 0 Å². The molecule has 1 amide bonds. The average molecular weight is 382 g/mol. The largest absolute Gasteiger partial charge is 0.455 e. The second-order valence-electron chi connectivity index (χ2n) is 6.47. The van der Waals surface area contributed by atoms with E-state index in [1.165, 1.54) is 13.1 Å². The standard InChI is InChI=1S/C16H17F3N6O2/c1-24-14-11(12(23-24)16(17,18)19)13(21-22-14)20-15(26)10-5-4-9(27-10)8-25-6-2-3-7-25/h4-5H,2-3,6-8H2,1H3,(H2,20,21,22,26). The molecule has 1 saturated heterocycles. The van der Waals surface area contributed by atoms with Crippen LogP contribution >= 0.6 is 0 Å². The number of aromatic amines is 1. The second-order valence-corrected chi connectivity index (χ2v) is 6.47. The number of aromatic nitrogens is 4. The fourth-order valence-corrected chi connectivity index (χ4v) is 3.25. The molecular weight excluding hydrogens is 365 g/mol. The number of halogens is 3. The van der Waals surface area contributed by atoms with Crippen LogP contribution in [0, 0.1) is 0 Å². The maximum atomic E-state index is 13.2. The molecule has 11 heteroatoms. The molecule has 8 nitrogen and oxygen atoms in total. The van der Waals surface area contributed by atoms with Gasteiger partial charge in [0.1, 0.15) is 11.6 Å². The average Bonchev–Trinajstić information content (AvgIpc) is 3.35. The van der Waals surface area contributed by atoms with Crippen LogP contribution < -0.4 is 5.32 Å². The summed E-state index contributed by atoms with van der Waals surface area (Å²) in [6, 6.07) is 3.20. The van der Waals surface area contributed by atoms with Crippen LogP contribution in [0.1, 0.15) is 34.9 Å². The first kappa shape index (κ1) is 17.6. The van der Waals surface area contributed by atoms with E-state index in [0.29, 0.717) is 12.3 Å². The van der Waals surface area contributed by atoms with Crippen molar-refractivity contribution >= 4 is 22.8 Å². The molecule has 0 spiro atoms. The first-order valence-corrected chi connectivity index (χ1v) is 8.43. The van der Waals surface area contributed by atoms with Crippen molar-refractivity contribution in [2.24, 2.45) is 7.05 Å². The Bertz CT molecular complexity index is 980. The highest BCUT2D eigenvalue weighted by molar-refractivity contribution is 6.06. The highest BCUT2D eigenvalue weighted by atomic mass is 19.4. The van der Waals surface area contributed by atoms with Gasteiger partial charge in [-0.1, -0.05) is 0 Å². The number of H-pyrrole nitrogens is 1. The number of alkyl halides is 3. The van der Waals surface area contributed by atoms with Gasteiger partial charge in [0.15, 0.2) is 17.1 Å². The second kappa shape index (κ2) is 6.41. The summed E-state index contributed by atoms with van der Waals surface area (Å²) in [4.78, 5) is 14.6. The number of hydrogen-bond acceptors (Lipinski definition) is 5. The number of furan rings is 1. The summed E-state index contributed by atoms with van der Waals surface area (Å²) in [6.45, 7) is 2.56. The molecule has 1 aliphatic rings. The Morgan fingerprint density at radius 1 is 1.33 bits per heavy atom.